The largest absolute Gasteiger partial charge is 0.353 e. The van der Waals surface area contributed by atoms with E-state index in [1.807, 2.05) is 36.4 Å². The molecule has 3 rings (SSSR count). The molecule has 27 heavy (non-hydrogen) atoms. The molecule has 0 spiro atoms. The molecule has 0 aromatic heterocycles. The molecule has 1 saturated heterocycles. The smallest absolute Gasteiger partial charge is 0.244 e. The maximum atomic E-state index is 12.6. The van der Waals surface area contributed by atoms with E-state index >= 15 is 0 Å². The van der Waals surface area contributed by atoms with Gasteiger partial charge in [-0.3, -0.25) is 9.69 Å². The first-order valence-electron chi connectivity index (χ1n) is 8.98. The van der Waals surface area contributed by atoms with Crippen LogP contribution in [0.1, 0.15) is 30.9 Å². The van der Waals surface area contributed by atoms with Crippen LogP contribution in [0.15, 0.2) is 60.7 Å². The average Bonchev–Trinajstić information content (AvgIpc) is 3.08. The van der Waals surface area contributed by atoms with Gasteiger partial charge in [-0.1, -0.05) is 60.7 Å². The van der Waals surface area contributed by atoms with Crippen molar-refractivity contribution in [2.45, 2.75) is 37.9 Å². The number of carbonyl (C=O) groups is 1. The maximum absolute atomic E-state index is 12.6. The first-order valence-corrected chi connectivity index (χ1v) is 8.98. The first kappa shape index (κ1) is 23.4. The van der Waals surface area contributed by atoms with E-state index in [9.17, 15) is 4.79 Å². The molecule has 1 heterocycles. The number of rotatable bonds is 6. The van der Waals surface area contributed by atoms with Crippen molar-refractivity contribution in [2.24, 2.45) is 5.73 Å². The van der Waals surface area contributed by atoms with Gasteiger partial charge in [0.05, 0.1) is 0 Å². The normalized spacial score (nSPS) is 18.7. The second kappa shape index (κ2) is 10.7. The van der Waals surface area contributed by atoms with Gasteiger partial charge in [0.2, 0.25) is 5.91 Å². The number of carbonyl (C=O) groups excluding carboxylic acids is 1. The highest BCUT2D eigenvalue weighted by Crippen LogP contribution is 2.21. The van der Waals surface area contributed by atoms with Gasteiger partial charge >= 0.3 is 0 Å². The van der Waals surface area contributed by atoms with Crippen LogP contribution in [-0.2, 0) is 16.9 Å². The van der Waals surface area contributed by atoms with E-state index in [0.29, 0.717) is 12.6 Å². The fourth-order valence-corrected chi connectivity index (χ4v) is 3.46. The van der Waals surface area contributed by atoms with Crippen molar-refractivity contribution in [3.05, 3.63) is 71.8 Å². The number of hydrogen-bond acceptors (Lipinski definition) is 3. The van der Waals surface area contributed by atoms with Crippen LogP contribution in [0.5, 0.6) is 0 Å². The lowest BCUT2D eigenvalue weighted by molar-refractivity contribution is -0.126. The number of amides is 1. The van der Waals surface area contributed by atoms with Crippen molar-refractivity contribution in [1.82, 2.24) is 10.2 Å². The average molecular weight is 410 g/mol. The number of hydrogen-bond donors (Lipinski definition) is 2. The molecular formula is C21H29Cl2N3O. The van der Waals surface area contributed by atoms with Crippen LogP contribution in [-0.4, -0.2) is 29.9 Å². The van der Waals surface area contributed by atoms with Crippen LogP contribution < -0.4 is 11.1 Å². The fraction of sp³-hybridized carbons (Fsp3) is 0.381. The zero-order valence-corrected chi connectivity index (χ0v) is 17.3. The Morgan fingerprint density at radius 3 is 2.33 bits per heavy atom. The van der Waals surface area contributed by atoms with E-state index in [0.717, 1.165) is 25.1 Å². The monoisotopic (exact) mass is 409 g/mol. The molecule has 1 aliphatic heterocycles. The topological polar surface area (TPSA) is 58.4 Å². The second-order valence-corrected chi connectivity index (χ2v) is 7.03. The SMILES string of the molecule is CC(N)(C(=O)NCC1CCCN1Cc1ccccc1)c1ccccc1.Cl.Cl. The third kappa shape index (κ3) is 5.94. The van der Waals surface area contributed by atoms with Crippen LogP contribution >= 0.6 is 24.8 Å². The Morgan fingerprint density at radius 1 is 1.11 bits per heavy atom. The summed E-state index contributed by atoms with van der Waals surface area (Å²) in [7, 11) is 0. The van der Waals surface area contributed by atoms with Crippen molar-refractivity contribution in [1.29, 1.82) is 0 Å². The van der Waals surface area contributed by atoms with Crippen molar-refractivity contribution in [2.75, 3.05) is 13.1 Å². The minimum Gasteiger partial charge on any atom is -0.353 e. The van der Waals surface area contributed by atoms with Gasteiger partial charge in [0.25, 0.3) is 0 Å². The van der Waals surface area contributed by atoms with Gasteiger partial charge < -0.3 is 11.1 Å². The lowest BCUT2D eigenvalue weighted by Gasteiger charge is -2.28. The molecule has 2 aromatic rings. The van der Waals surface area contributed by atoms with E-state index in [1.165, 1.54) is 12.0 Å². The van der Waals surface area contributed by atoms with Crippen LogP contribution in [0.3, 0.4) is 0 Å². The summed E-state index contributed by atoms with van der Waals surface area (Å²) in [6.45, 7) is 4.42. The highest BCUT2D eigenvalue weighted by Gasteiger charge is 2.32. The van der Waals surface area contributed by atoms with Gasteiger partial charge in [-0.15, -0.1) is 24.8 Å². The van der Waals surface area contributed by atoms with Gasteiger partial charge in [0, 0.05) is 19.1 Å². The van der Waals surface area contributed by atoms with Gasteiger partial charge in [-0.05, 0) is 37.4 Å². The molecule has 148 valence electrons. The number of nitrogens with one attached hydrogen (secondary N) is 1. The predicted octanol–water partition coefficient (Wildman–Crippen LogP) is 3.48. The highest BCUT2D eigenvalue weighted by atomic mass is 35.5. The molecular weight excluding hydrogens is 381 g/mol. The van der Waals surface area contributed by atoms with Crippen LogP contribution in [0.2, 0.25) is 0 Å². The molecule has 4 nitrogen and oxygen atoms in total. The van der Waals surface area contributed by atoms with E-state index < -0.39 is 5.54 Å². The van der Waals surface area contributed by atoms with E-state index in [-0.39, 0.29) is 30.7 Å². The number of nitrogens with zero attached hydrogens (tertiary/aromatic N) is 1. The predicted molar refractivity (Wildman–Crippen MR) is 115 cm³/mol. The lowest BCUT2D eigenvalue weighted by Crippen LogP contribution is -2.51. The van der Waals surface area contributed by atoms with Crippen molar-refractivity contribution in [3.8, 4) is 0 Å². The first-order chi connectivity index (χ1) is 12.1. The Labute approximate surface area is 174 Å². The summed E-state index contributed by atoms with van der Waals surface area (Å²) in [6.07, 6.45) is 2.28. The van der Waals surface area contributed by atoms with Crippen LogP contribution in [0.25, 0.3) is 0 Å². The third-order valence-electron chi connectivity index (χ3n) is 5.07. The quantitative estimate of drug-likeness (QED) is 0.767. The second-order valence-electron chi connectivity index (χ2n) is 7.03. The van der Waals surface area contributed by atoms with Gasteiger partial charge in [0.15, 0.2) is 0 Å². The Balaban J connectivity index is 0.00000182. The number of likely N-dealkylation sites (tertiary alicyclic amines) is 1. The Hall–Kier alpha value is -1.59. The van der Waals surface area contributed by atoms with Gasteiger partial charge in [-0.25, -0.2) is 0 Å². The number of halogens is 2. The Kier molecular flexibility index (Phi) is 9.27. The lowest BCUT2D eigenvalue weighted by atomic mass is 9.92. The molecule has 6 heteroatoms. The van der Waals surface area contributed by atoms with Crippen molar-refractivity contribution < 1.29 is 4.79 Å². The van der Waals surface area contributed by atoms with Crippen molar-refractivity contribution >= 4 is 30.7 Å². The summed E-state index contributed by atoms with van der Waals surface area (Å²) >= 11 is 0. The standard InChI is InChI=1S/C21H27N3O.2ClH/c1-21(22,18-11-6-3-7-12-18)20(25)23-15-19-13-8-14-24(19)16-17-9-4-2-5-10-17;;/h2-7,9-12,19H,8,13-16,22H2,1H3,(H,23,25);2*1H. The fourth-order valence-electron chi connectivity index (χ4n) is 3.46. The zero-order valence-electron chi connectivity index (χ0n) is 15.6. The summed E-state index contributed by atoms with van der Waals surface area (Å²) in [5, 5.41) is 3.07. The molecule has 1 aliphatic rings. The molecule has 1 fully saturated rings. The highest BCUT2D eigenvalue weighted by molar-refractivity contribution is 5.87. The molecule has 0 saturated carbocycles. The molecule has 2 aromatic carbocycles. The summed E-state index contributed by atoms with van der Waals surface area (Å²) in [5.41, 5.74) is 7.44. The minimum atomic E-state index is -1.01. The van der Waals surface area contributed by atoms with Crippen LogP contribution in [0, 0.1) is 0 Å². The molecule has 1 amide bonds. The third-order valence-corrected chi connectivity index (χ3v) is 5.07. The zero-order chi connectivity index (χ0) is 17.7. The molecule has 0 bridgehead atoms. The summed E-state index contributed by atoms with van der Waals surface area (Å²) < 4.78 is 0. The maximum Gasteiger partial charge on any atom is 0.244 e. The molecule has 2 unspecified atom stereocenters. The summed E-state index contributed by atoms with van der Waals surface area (Å²) in [5.74, 6) is -0.120. The molecule has 3 N–H and O–H groups in total. The van der Waals surface area contributed by atoms with Gasteiger partial charge in [-0.2, -0.15) is 0 Å². The van der Waals surface area contributed by atoms with Crippen LogP contribution in [0.4, 0.5) is 0 Å². The molecule has 2 atom stereocenters. The Bertz CT molecular complexity index is 695. The number of nitrogens with two attached hydrogens (primary N) is 1. The van der Waals surface area contributed by atoms with E-state index in [4.69, 9.17) is 5.73 Å². The summed E-state index contributed by atoms with van der Waals surface area (Å²) in [6, 6.07) is 20.4. The summed E-state index contributed by atoms with van der Waals surface area (Å²) in [4.78, 5) is 15.1. The van der Waals surface area contributed by atoms with E-state index in [2.05, 4.69) is 34.5 Å². The van der Waals surface area contributed by atoms with Gasteiger partial charge in [0.1, 0.15) is 5.54 Å². The number of benzene rings is 2. The molecule has 0 radical (unpaired) electrons. The Morgan fingerprint density at radius 2 is 1.70 bits per heavy atom. The molecule has 0 aliphatic carbocycles. The van der Waals surface area contributed by atoms with E-state index in [1.54, 1.807) is 6.92 Å². The van der Waals surface area contributed by atoms with Crippen molar-refractivity contribution in [3.63, 3.8) is 0 Å². The minimum absolute atomic E-state index is 0.